The lowest BCUT2D eigenvalue weighted by molar-refractivity contribution is 0.0502. The molecular weight excluding hydrogens is 222 g/mol. The second-order valence-corrected chi connectivity index (χ2v) is 4.40. The Balaban J connectivity index is 2.21. The van der Waals surface area contributed by atoms with E-state index in [1.54, 1.807) is 19.1 Å². The summed E-state index contributed by atoms with van der Waals surface area (Å²) in [7, 11) is 0. The molecule has 1 amide bonds. The summed E-state index contributed by atoms with van der Waals surface area (Å²) in [6.45, 7) is 2.12. The standard InChI is InChI=1S/C12H15NO4/c1-12(5-6-14)8-13(11(16)17-12)9-3-2-4-10(15)7-9/h2-4,7,14-15H,5-6,8H2,1H3. The number of aliphatic hydroxyl groups excluding tert-OH is 1. The Bertz CT molecular complexity index is 434. The maximum atomic E-state index is 11.7. The molecule has 1 saturated heterocycles. The first-order chi connectivity index (χ1) is 8.04. The normalized spacial score (nSPS) is 23.9. The van der Waals surface area contributed by atoms with E-state index in [0.29, 0.717) is 18.7 Å². The molecule has 5 heteroatoms. The van der Waals surface area contributed by atoms with Gasteiger partial charge in [-0.2, -0.15) is 0 Å². The van der Waals surface area contributed by atoms with E-state index in [4.69, 9.17) is 9.84 Å². The molecule has 1 aliphatic rings. The SMILES string of the molecule is CC1(CCO)CN(c2cccc(O)c2)C(=O)O1. The van der Waals surface area contributed by atoms with Crippen molar-refractivity contribution in [2.75, 3.05) is 18.1 Å². The van der Waals surface area contributed by atoms with Crippen molar-refractivity contribution in [1.82, 2.24) is 0 Å². The fourth-order valence-electron chi connectivity index (χ4n) is 1.92. The minimum Gasteiger partial charge on any atom is -0.508 e. The van der Waals surface area contributed by atoms with Crippen LogP contribution in [0.15, 0.2) is 24.3 Å². The molecule has 1 unspecified atom stereocenters. The van der Waals surface area contributed by atoms with E-state index in [-0.39, 0.29) is 12.4 Å². The summed E-state index contributed by atoms with van der Waals surface area (Å²) in [5, 5.41) is 18.3. The number of anilines is 1. The number of rotatable bonds is 3. The molecule has 92 valence electrons. The second-order valence-electron chi connectivity index (χ2n) is 4.40. The Hall–Kier alpha value is -1.75. The predicted molar refractivity (Wildman–Crippen MR) is 62.0 cm³/mol. The first-order valence-electron chi connectivity index (χ1n) is 5.44. The fraction of sp³-hybridized carbons (Fsp3) is 0.417. The maximum absolute atomic E-state index is 11.7. The molecule has 17 heavy (non-hydrogen) atoms. The lowest BCUT2D eigenvalue weighted by atomic mass is 10.0. The van der Waals surface area contributed by atoms with Crippen molar-refractivity contribution in [3.8, 4) is 5.75 Å². The Labute approximate surface area is 99.2 Å². The molecule has 1 aliphatic heterocycles. The molecule has 2 rings (SSSR count). The number of aromatic hydroxyl groups is 1. The van der Waals surface area contributed by atoms with Crippen molar-refractivity contribution in [2.24, 2.45) is 0 Å². The second kappa shape index (κ2) is 4.25. The number of amides is 1. The first kappa shape index (κ1) is 11.7. The van der Waals surface area contributed by atoms with E-state index in [1.165, 1.54) is 17.0 Å². The third-order valence-electron chi connectivity index (χ3n) is 2.83. The van der Waals surface area contributed by atoms with Crippen LogP contribution in [0.2, 0.25) is 0 Å². The molecule has 1 heterocycles. The van der Waals surface area contributed by atoms with Crippen LogP contribution in [0.25, 0.3) is 0 Å². The van der Waals surface area contributed by atoms with Crippen LogP contribution >= 0.6 is 0 Å². The zero-order chi connectivity index (χ0) is 12.5. The van der Waals surface area contributed by atoms with E-state index in [1.807, 2.05) is 0 Å². The number of cyclic esters (lactones) is 1. The highest BCUT2D eigenvalue weighted by Crippen LogP contribution is 2.31. The van der Waals surface area contributed by atoms with Crippen LogP contribution in [0.4, 0.5) is 10.5 Å². The summed E-state index contributed by atoms with van der Waals surface area (Å²) in [5.74, 6) is 0.103. The van der Waals surface area contributed by atoms with Gasteiger partial charge in [-0.3, -0.25) is 4.90 Å². The van der Waals surface area contributed by atoms with Crippen LogP contribution in [0.5, 0.6) is 5.75 Å². The highest BCUT2D eigenvalue weighted by atomic mass is 16.6. The smallest absolute Gasteiger partial charge is 0.415 e. The first-order valence-corrected chi connectivity index (χ1v) is 5.44. The summed E-state index contributed by atoms with van der Waals surface area (Å²) >= 11 is 0. The largest absolute Gasteiger partial charge is 0.508 e. The molecule has 0 saturated carbocycles. The van der Waals surface area contributed by atoms with Crippen molar-refractivity contribution >= 4 is 11.8 Å². The van der Waals surface area contributed by atoms with E-state index in [2.05, 4.69) is 0 Å². The number of hydrogen-bond donors (Lipinski definition) is 2. The lowest BCUT2D eigenvalue weighted by Gasteiger charge is -2.20. The summed E-state index contributed by atoms with van der Waals surface area (Å²) in [6.07, 6.45) is -0.0554. The lowest BCUT2D eigenvalue weighted by Crippen LogP contribution is -2.32. The van der Waals surface area contributed by atoms with Crippen LogP contribution in [-0.2, 0) is 4.74 Å². The molecule has 0 aromatic heterocycles. The zero-order valence-electron chi connectivity index (χ0n) is 9.59. The Morgan fingerprint density at radius 2 is 2.29 bits per heavy atom. The van der Waals surface area contributed by atoms with Gasteiger partial charge in [-0.25, -0.2) is 4.79 Å². The third kappa shape index (κ3) is 2.34. The molecule has 1 fully saturated rings. The van der Waals surface area contributed by atoms with Crippen molar-refractivity contribution < 1.29 is 19.7 Å². The highest BCUT2D eigenvalue weighted by Gasteiger charge is 2.41. The van der Waals surface area contributed by atoms with Crippen LogP contribution in [0, 0.1) is 0 Å². The summed E-state index contributed by atoms with van der Waals surface area (Å²) < 4.78 is 5.24. The van der Waals surface area contributed by atoms with Crippen LogP contribution in [-0.4, -0.2) is 35.1 Å². The van der Waals surface area contributed by atoms with E-state index in [9.17, 15) is 9.90 Å². The van der Waals surface area contributed by atoms with Crippen molar-refractivity contribution in [3.63, 3.8) is 0 Å². The minimum absolute atomic E-state index is 0.0301. The summed E-state index contributed by atoms with van der Waals surface area (Å²) in [6, 6.07) is 6.44. The molecule has 1 aromatic rings. The van der Waals surface area contributed by atoms with Gasteiger partial charge in [0.25, 0.3) is 0 Å². The van der Waals surface area contributed by atoms with Crippen LogP contribution in [0.1, 0.15) is 13.3 Å². The van der Waals surface area contributed by atoms with Gasteiger partial charge in [0.15, 0.2) is 0 Å². The Morgan fingerprint density at radius 1 is 1.53 bits per heavy atom. The number of carbonyl (C=O) groups excluding carboxylic acids is 1. The van der Waals surface area contributed by atoms with Gasteiger partial charge in [0.1, 0.15) is 11.4 Å². The Kier molecular flexibility index (Phi) is 2.93. The van der Waals surface area contributed by atoms with E-state index in [0.717, 1.165) is 0 Å². The fourth-order valence-corrected chi connectivity index (χ4v) is 1.92. The average molecular weight is 237 g/mol. The summed E-state index contributed by atoms with van der Waals surface area (Å²) in [5.41, 5.74) is -0.0752. The quantitative estimate of drug-likeness (QED) is 0.835. The molecular formula is C12H15NO4. The average Bonchev–Trinajstić information content (AvgIpc) is 2.55. The monoisotopic (exact) mass is 237 g/mol. The van der Waals surface area contributed by atoms with Gasteiger partial charge >= 0.3 is 6.09 Å². The number of phenolic OH excluding ortho intramolecular Hbond substituents is 1. The van der Waals surface area contributed by atoms with Crippen molar-refractivity contribution in [3.05, 3.63) is 24.3 Å². The molecule has 0 radical (unpaired) electrons. The number of ether oxygens (including phenoxy) is 1. The van der Waals surface area contributed by atoms with Crippen molar-refractivity contribution in [1.29, 1.82) is 0 Å². The van der Waals surface area contributed by atoms with E-state index >= 15 is 0 Å². The number of hydrogen-bond acceptors (Lipinski definition) is 4. The number of benzene rings is 1. The zero-order valence-corrected chi connectivity index (χ0v) is 9.59. The van der Waals surface area contributed by atoms with Crippen LogP contribution in [0.3, 0.4) is 0 Å². The van der Waals surface area contributed by atoms with Gasteiger partial charge in [0.05, 0.1) is 12.2 Å². The maximum Gasteiger partial charge on any atom is 0.415 e. The van der Waals surface area contributed by atoms with Gasteiger partial charge in [-0.15, -0.1) is 0 Å². The number of phenols is 1. The molecule has 1 aromatic carbocycles. The third-order valence-corrected chi connectivity index (χ3v) is 2.83. The highest BCUT2D eigenvalue weighted by molar-refractivity contribution is 5.90. The van der Waals surface area contributed by atoms with Crippen LogP contribution < -0.4 is 4.90 Å². The molecule has 0 spiro atoms. The molecule has 0 bridgehead atoms. The molecule has 0 aliphatic carbocycles. The van der Waals surface area contributed by atoms with Gasteiger partial charge < -0.3 is 14.9 Å². The molecule has 5 nitrogen and oxygen atoms in total. The van der Waals surface area contributed by atoms with Gasteiger partial charge in [-0.05, 0) is 19.1 Å². The van der Waals surface area contributed by atoms with Crippen molar-refractivity contribution in [2.45, 2.75) is 18.9 Å². The Morgan fingerprint density at radius 3 is 2.94 bits per heavy atom. The minimum atomic E-state index is -0.669. The van der Waals surface area contributed by atoms with Gasteiger partial charge in [0, 0.05) is 19.1 Å². The summed E-state index contributed by atoms with van der Waals surface area (Å²) in [4.78, 5) is 13.2. The number of carbonyl (C=O) groups is 1. The molecule has 1 atom stereocenters. The topological polar surface area (TPSA) is 70.0 Å². The number of nitrogens with zero attached hydrogens (tertiary/aromatic N) is 1. The number of aliphatic hydroxyl groups is 1. The van der Waals surface area contributed by atoms with Gasteiger partial charge in [-0.1, -0.05) is 6.07 Å². The van der Waals surface area contributed by atoms with Gasteiger partial charge in [0.2, 0.25) is 0 Å². The predicted octanol–water partition coefficient (Wildman–Crippen LogP) is 1.49. The molecule has 2 N–H and O–H groups in total. The van der Waals surface area contributed by atoms with E-state index < -0.39 is 11.7 Å².